The Morgan fingerprint density at radius 1 is 1.04 bits per heavy atom. The molecule has 0 atom stereocenters. The largest absolute Gasteiger partial charge is 0.407 e. The van der Waals surface area contributed by atoms with Crippen molar-refractivity contribution in [3.05, 3.63) is 71.1 Å². The monoisotopic (exact) mass is 405 g/mol. The smallest absolute Gasteiger partial charge is 0.322 e. The number of carbonyl (C=O) groups is 1. The third-order valence-corrected chi connectivity index (χ3v) is 5.67. The second-order valence-electron chi connectivity index (χ2n) is 5.73. The quantitative estimate of drug-likeness (QED) is 0.647. The van der Waals surface area contributed by atoms with E-state index in [0.29, 0.717) is 17.3 Å². The second-order valence-corrected chi connectivity index (χ2v) is 8.28. The van der Waals surface area contributed by atoms with E-state index in [1.807, 2.05) is 30.3 Å². The van der Waals surface area contributed by atoms with Gasteiger partial charge in [-0.05, 0) is 29.8 Å². The Hall–Kier alpha value is -2.71. The SMILES string of the molecule is O=C(CCS(=O)(=O)c1ccc(Cl)cc1)Nc1nnc(Cc2ccccc2)o1. The third-order valence-electron chi connectivity index (χ3n) is 3.68. The van der Waals surface area contributed by atoms with Gasteiger partial charge < -0.3 is 4.42 Å². The first-order valence-corrected chi connectivity index (χ1v) is 10.1. The maximum absolute atomic E-state index is 12.2. The third kappa shape index (κ3) is 5.38. The zero-order valence-electron chi connectivity index (χ0n) is 14.1. The van der Waals surface area contributed by atoms with Gasteiger partial charge in [-0.2, -0.15) is 0 Å². The maximum Gasteiger partial charge on any atom is 0.322 e. The molecule has 27 heavy (non-hydrogen) atoms. The number of hydrogen-bond donors (Lipinski definition) is 1. The number of anilines is 1. The van der Waals surface area contributed by atoms with Crippen LogP contribution in [0.25, 0.3) is 0 Å². The van der Waals surface area contributed by atoms with Crippen LogP contribution in [0.3, 0.4) is 0 Å². The van der Waals surface area contributed by atoms with E-state index in [4.69, 9.17) is 16.0 Å². The lowest BCUT2D eigenvalue weighted by Gasteiger charge is -2.04. The van der Waals surface area contributed by atoms with Crippen LogP contribution in [0.2, 0.25) is 5.02 Å². The molecule has 0 bridgehead atoms. The van der Waals surface area contributed by atoms with Crippen molar-refractivity contribution < 1.29 is 17.6 Å². The predicted molar refractivity (Wildman–Crippen MR) is 100 cm³/mol. The van der Waals surface area contributed by atoms with Gasteiger partial charge in [0.15, 0.2) is 9.84 Å². The summed E-state index contributed by atoms with van der Waals surface area (Å²) in [5.74, 6) is -0.515. The minimum atomic E-state index is -3.59. The number of hydrogen-bond acceptors (Lipinski definition) is 6. The number of carbonyl (C=O) groups excluding carboxylic acids is 1. The number of amides is 1. The van der Waals surface area contributed by atoms with Gasteiger partial charge in [0.25, 0.3) is 0 Å². The number of nitrogens with one attached hydrogen (secondary N) is 1. The molecule has 0 saturated heterocycles. The van der Waals surface area contributed by atoms with Crippen molar-refractivity contribution in [1.29, 1.82) is 0 Å². The second kappa shape index (κ2) is 8.32. The summed E-state index contributed by atoms with van der Waals surface area (Å²) in [5.41, 5.74) is 0.994. The molecule has 0 aliphatic rings. The fourth-order valence-electron chi connectivity index (χ4n) is 2.31. The maximum atomic E-state index is 12.2. The van der Waals surface area contributed by atoms with Crippen molar-refractivity contribution >= 4 is 33.4 Å². The van der Waals surface area contributed by atoms with Crippen LogP contribution < -0.4 is 5.32 Å². The standard InChI is InChI=1S/C18H16ClN3O4S/c19-14-6-8-15(9-7-14)27(24,25)11-10-16(23)20-18-22-21-17(26-18)12-13-4-2-1-3-5-13/h1-9H,10-12H2,(H,20,22,23). The Morgan fingerprint density at radius 2 is 1.74 bits per heavy atom. The predicted octanol–water partition coefficient (Wildman–Crippen LogP) is 3.12. The minimum Gasteiger partial charge on any atom is -0.407 e. The highest BCUT2D eigenvalue weighted by Crippen LogP contribution is 2.16. The van der Waals surface area contributed by atoms with Gasteiger partial charge in [0, 0.05) is 11.4 Å². The van der Waals surface area contributed by atoms with Crippen LogP contribution in [0, 0.1) is 0 Å². The van der Waals surface area contributed by atoms with Crippen LogP contribution in [-0.4, -0.2) is 30.3 Å². The number of benzene rings is 2. The van der Waals surface area contributed by atoms with E-state index < -0.39 is 15.7 Å². The molecule has 0 spiro atoms. The van der Waals surface area contributed by atoms with Crippen molar-refractivity contribution in [3.8, 4) is 0 Å². The summed E-state index contributed by atoms with van der Waals surface area (Å²) in [5, 5.41) is 10.5. The Kier molecular flexibility index (Phi) is 5.88. The van der Waals surface area contributed by atoms with Crippen molar-refractivity contribution in [2.45, 2.75) is 17.7 Å². The lowest BCUT2D eigenvalue weighted by molar-refractivity contribution is -0.116. The first-order valence-electron chi connectivity index (χ1n) is 8.07. The summed E-state index contributed by atoms with van der Waals surface area (Å²) in [4.78, 5) is 12.1. The van der Waals surface area contributed by atoms with Gasteiger partial charge in [0.2, 0.25) is 11.8 Å². The molecule has 0 fully saturated rings. The van der Waals surface area contributed by atoms with Crippen LogP contribution >= 0.6 is 11.6 Å². The average Bonchev–Trinajstić information content (AvgIpc) is 3.08. The molecule has 0 radical (unpaired) electrons. The summed E-state index contributed by atoms with van der Waals surface area (Å²) < 4.78 is 29.8. The number of rotatable bonds is 7. The van der Waals surface area contributed by atoms with Gasteiger partial charge in [-0.25, -0.2) is 8.42 Å². The van der Waals surface area contributed by atoms with Gasteiger partial charge in [-0.1, -0.05) is 47.0 Å². The van der Waals surface area contributed by atoms with E-state index in [-0.39, 0.29) is 23.1 Å². The Labute approximate surface area is 161 Å². The normalized spacial score (nSPS) is 11.3. The lowest BCUT2D eigenvalue weighted by atomic mass is 10.2. The van der Waals surface area contributed by atoms with Gasteiger partial charge >= 0.3 is 6.01 Å². The molecule has 0 saturated carbocycles. The number of sulfone groups is 1. The summed E-state index contributed by atoms with van der Waals surface area (Å²) in [6.07, 6.45) is 0.204. The molecular formula is C18H16ClN3O4S. The van der Waals surface area contributed by atoms with E-state index in [1.165, 1.54) is 24.3 Å². The molecule has 1 heterocycles. The molecule has 0 unspecified atom stereocenters. The van der Waals surface area contributed by atoms with Crippen molar-refractivity contribution in [1.82, 2.24) is 10.2 Å². The summed E-state index contributed by atoms with van der Waals surface area (Å²) in [6.45, 7) is 0. The highest BCUT2D eigenvalue weighted by atomic mass is 35.5. The molecule has 0 aliphatic heterocycles. The Bertz CT molecular complexity index is 1020. The van der Waals surface area contributed by atoms with E-state index >= 15 is 0 Å². The zero-order chi connectivity index (χ0) is 19.3. The molecule has 2 aromatic carbocycles. The molecule has 7 nitrogen and oxygen atoms in total. The number of halogens is 1. The van der Waals surface area contributed by atoms with Crippen LogP contribution in [0.4, 0.5) is 6.01 Å². The summed E-state index contributed by atoms with van der Waals surface area (Å²) in [6, 6.07) is 15.3. The highest BCUT2D eigenvalue weighted by Gasteiger charge is 2.18. The van der Waals surface area contributed by atoms with Crippen LogP contribution in [0.5, 0.6) is 0 Å². The molecule has 1 N–H and O–H groups in total. The van der Waals surface area contributed by atoms with Crippen molar-refractivity contribution in [2.24, 2.45) is 0 Å². The topological polar surface area (TPSA) is 102 Å². The van der Waals surface area contributed by atoms with E-state index in [0.717, 1.165) is 5.56 Å². The molecule has 140 valence electrons. The fourth-order valence-corrected chi connectivity index (χ4v) is 3.68. The summed E-state index contributed by atoms with van der Waals surface area (Å²) >= 11 is 5.75. The molecule has 3 rings (SSSR count). The highest BCUT2D eigenvalue weighted by molar-refractivity contribution is 7.91. The lowest BCUT2D eigenvalue weighted by Crippen LogP contribution is -2.17. The van der Waals surface area contributed by atoms with Gasteiger partial charge in [0.1, 0.15) is 0 Å². The Balaban J connectivity index is 1.54. The van der Waals surface area contributed by atoms with Crippen LogP contribution in [0.1, 0.15) is 17.9 Å². The molecule has 1 aromatic heterocycles. The van der Waals surface area contributed by atoms with Gasteiger partial charge in [-0.15, -0.1) is 5.10 Å². The average molecular weight is 406 g/mol. The van der Waals surface area contributed by atoms with E-state index in [9.17, 15) is 13.2 Å². The van der Waals surface area contributed by atoms with Crippen LogP contribution in [-0.2, 0) is 21.1 Å². The molecule has 9 heteroatoms. The zero-order valence-corrected chi connectivity index (χ0v) is 15.7. The number of nitrogens with zero attached hydrogens (tertiary/aromatic N) is 2. The van der Waals surface area contributed by atoms with E-state index in [1.54, 1.807) is 0 Å². The van der Waals surface area contributed by atoms with E-state index in [2.05, 4.69) is 15.5 Å². The van der Waals surface area contributed by atoms with Gasteiger partial charge in [0.05, 0.1) is 17.1 Å². The summed E-state index contributed by atoms with van der Waals surface area (Å²) in [7, 11) is -3.59. The van der Waals surface area contributed by atoms with Crippen molar-refractivity contribution in [3.63, 3.8) is 0 Å². The Morgan fingerprint density at radius 3 is 2.44 bits per heavy atom. The fraction of sp³-hybridized carbons (Fsp3) is 0.167. The minimum absolute atomic E-state index is 0.0603. The van der Waals surface area contributed by atoms with Crippen molar-refractivity contribution in [2.75, 3.05) is 11.1 Å². The number of aromatic nitrogens is 2. The molecule has 1 amide bonds. The molecule has 0 aliphatic carbocycles. The van der Waals surface area contributed by atoms with Crippen LogP contribution in [0.15, 0.2) is 63.9 Å². The first kappa shape index (κ1) is 19.1. The van der Waals surface area contributed by atoms with Gasteiger partial charge in [-0.3, -0.25) is 10.1 Å². The first-order chi connectivity index (χ1) is 12.9. The molecule has 3 aromatic rings. The molecular weight excluding hydrogens is 390 g/mol.